The van der Waals surface area contributed by atoms with E-state index in [1.807, 2.05) is 13.8 Å². The van der Waals surface area contributed by atoms with Gasteiger partial charge in [-0.2, -0.15) is 0 Å². The second kappa shape index (κ2) is 8.41. The van der Waals surface area contributed by atoms with Crippen LogP contribution in [0.1, 0.15) is 62.2 Å². The fraction of sp³-hybridized carbons (Fsp3) is 0.409. The van der Waals surface area contributed by atoms with Gasteiger partial charge in [-0.25, -0.2) is 4.79 Å². The highest BCUT2D eigenvalue weighted by atomic mass is 35.5. The second-order valence-electron chi connectivity index (χ2n) is 7.26. The van der Waals surface area contributed by atoms with Gasteiger partial charge in [0, 0.05) is 34.4 Å². The fourth-order valence-corrected chi connectivity index (χ4v) is 3.93. The van der Waals surface area contributed by atoms with Gasteiger partial charge in [0.15, 0.2) is 5.78 Å². The van der Waals surface area contributed by atoms with Gasteiger partial charge < -0.3 is 14.2 Å². The molecule has 6 nitrogen and oxygen atoms in total. The van der Waals surface area contributed by atoms with E-state index in [1.54, 1.807) is 40.7 Å². The van der Waals surface area contributed by atoms with Gasteiger partial charge >= 0.3 is 5.97 Å². The molecule has 0 unspecified atom stereocenters. The fourth-order valence-electron chi connectivity index (χ4n) is 3.81. The van der Waals surface area contributed by atoms with E-state index in [1.165, 1.54) is 7.11 Å². The number of hydrogen-bond acceptors (Lipinski definition) is 4. The topological polar surface area (TPSA) is 68.6 Å². The van der Waals surface area contributed by atoms with Gasteiger partial charge in [-0.3, -0.25) is 9.59 Å². The van der Waals surface area contributed by atoms with Crippen LogP contribution >= 0.6 is 11.6 Å². The summed E-state index contributed by atoms with van der Waals surface area (Å²) in [5.74, 6) is -0.828. The first-order chi connectivity index (χ1) is 13.8. The molecule has 0 N–H and O–H groups in total. The van der Waals surface area contributed by atoms with Crippen molar-refractivity contribution in [1.82, 2.24) is 9.47 Å². The molecule has 1 aromatic carbocycles. The molecule has 0 saturated heterocycles. The third-order valence-electron chi connectivity index (χ3n) is 5.39. The summed E-state index contributed by atoms with van der Waals surface area (Å²) in [5, 5.41) is 0.554. The molecule has 3 rings (SSSR count). The molecule has 2 aromatic rings. The molecule has 154 valence electrons. The monoisotopic (exact) mass is 416 g/mol. The molecule has 0 atom stereocenters. The van der Waals surface area contributed by atoms with Gasteiger partial charge in [0.05, 0.1) is 13.7 Å². The number of benzene rings is 1. The number of Topliss-reactive ketones (excluding diaryl/α,β-unsaturated/α-hetero) is 1. The highest BCUT2D eigenvalue weighted by Crippen LogP contribution is 2.30. The maximum atomic E-state index is 13.2. The van der Waals surface area contributed by atoms with Gasteiger partial charge in [-0.15, -0.1) is 0 Å². The molecular formula is C22H25ClN2O4. The van der Waals surface area contributed by atoms with Crippen LogP contribution in [0.15, 0.2) is 24.3 Å². The molecule has 1 heterocycles. The normalized spacial score (nSPS) is 13.3. The zero-order chi connectivity index (χ0) is 21.3. The third-order valence-corrected chi connectivity index (χ3v) is 5.65. The average molecular weight is 417 g/mol. The number of carbonyl (C=O) groups is 3. The van der Waals surface area contributed by atoms with E-state index >= 15 is 0 Å². The number of ether oxygens (including phenoxy) is 1. The van der Waals surface area contributed by atoms with Crippen molar-refractivity contribution < 1.29 is 19.1 Å². The zero-order valence-electron chi connectivity index (χ0n) is 17.1. The number of amides is 1. The number of ketones is 1. The molecule has 1 aromatic heterocycles. The molecule has 0 radical (unpaired) electrons. The van der Waals surface area contributed by atoms with E-state index in [4.69, 9.17) is 16.3 Å². The Bertz CT molecular complexity index is 958. The van der Waals surface area contributed by atoms with Crippen LogP contribution in [0.2, 0.25) is 5.02 Å². The van der Waals surface area contributed by atoms with Crippen molar-refractivity contribution in [2.75, 3.05) is 13.7 Å². The number of carbonyl (C=O) groups excluding carboxylic acids is 3. The minimum Gasteiger partial charge on any atom is -0.464 e. The quantitative estimate of drug-likeness (QED) is 0.504. The van der Waals surface area contributed by atoms with E-state index in [2.05, 4.69) is 0 Å². The predicted octanol–water partition coefficient (Wildman–Crippen LogP) is 4.05. The lowest BCUT2D eigenvalue weighted by atomic mass is 10.0. The van der Waals surface area contributed by atoms with Crippen molar-refractivity contribution in [3.05, 3.63) is 57.4 Å². The third kappa shape index (κ3) is 4.08. The number of rotatable bonds is 7. The zero-order valence-corrected chi connectivity index (χ0v) is 17.9. The molecule has 0 bridgehead atoms. The summed E-state index contributed by atoms with van der Waals surface area (Å²) < 4.78 is 6.68. The number of aromatic nitrogens is 1. The van der Waals surface area contributed by atoms with Gasteiger partial charge in [0.25, 0.3) is 5.91 Å². The summed E-state index contributed by atoms with van der Waals surface area (Å²) in [4.78, 5) is 40.1. The summed E-state index contributed by atoms with van der Waals surface area (Å²) >= 11 is 5.92. The lowest BCUT2D eigenvalue weighted by molar-refractivity contribution is 0.0587. The first kappa shape index (κ1) is 21.1. The molecule has 1 saturated carbocycles. The van der Waals surface area contributed by atoms with Crippen LogP contribution < -0.4 is 0 Å². The number of methoxy groups -OCH3 is 1. The highest BCUT2D eigenvalue weighted by molar-refractivity contribution is 6.30. The van der Waals surface area contributed by atoms with E-state index in [9.17, 15) is 14.4 Å². The van der Waals surface area contributed by atoms with Gasteiger partial charge in [0.1, 0.15) is 5.69 Å². The largest absolute Gasteiger partial charge is 0.464 e. The predicted molar refractivity (Wildman–Crippen MR) is 111 cm³/mol. The number of nitrogens with zero attached hydrogens (tertiary/aromatic N) is 2. The van der Waals surface area contributed by atoms with Crippen LogP contribution in [-0.2, 0) is 11.3 Å². The van der Waals surface area contributed by atoms with Crippen LogP contribution in [0.5, 0.6) is 0 Å². The lowest BCUT2D eigenvalue weighted by Crippen LogP contribution is -2.37. The Morgan fingerprint density at radius 2 is 1.79 bits per heavy atom. The van der Waals surface area contributed by atoms with Crippen LogP contribution in [0, 0.1) is 13.8 Å². The molecule has 1 aliphatic rings. The van der Waals surface area contributed by atoms with E-state index in [0.717, 1.165) is 12.8 Å². The van der Waals surface area contributed by atoms with Crippen molar-refractivity contribution in [2.24, 2.45) is 0 Å². The first-order valence-electron chi connectivity index (χ1n) is 9.67. The van der Waals surface area contributed by atoms with E-state index in [0.29, 0.717) is 39.6 Å². The van der Waals surface area contributed by atoms with Gasteiger partial charge in [0.2, 0.25) is 0 Å². The number of halogens is 1. The summed E-state index contributed by atoms with van der Waals surface area (Å²) in [6, 6.07) is 6.74. The summed E-state index contributed by atoms with van der Waals surface area (Å²) in [7, 11) is 1.32. The van der Waals surface area contributed by atoms with E-state index in [-0.39, 0.29) is 24.3 Å². The summed E-state index contributed by atoms with van der Waals surface area (Å²) in [5.41, 5.74) is 2.68. The lowest BCUT2D eigenvalue weighted by Gasteiger charge is -2.22. The van der Waals surface area contributed by atoms with Gasteiger partial charge in [-0.1, -0.05) is 11.6 Å². The van der Waals surface area contributed by atoms with Crippen molar-refractivity contribution in [2.45, 2.75) is 46.2 Å². The Hall–Kier alpha value is -2.60. The maximum Gasteiger partial charge on any atom is 0.354 e. The Kier molecular flexibility index (Phi) is 6.13. The van der Waals surface area contributed by atoms with Crippen molar-refractivity contribution in [3.8, 4) is 0 Å². The van der Waals surface area contributed by atoms with Crippen LogP contribution in [-0.4, -0.2) is 46.8 Å². The molecule has 0 spiro atoms. The van der Waals surface area contributed by atoms with Crippen LogP contribution in [0.3, 0.4) is 0 Å². The standard InChI is InChI=1S/C22H25ClN2O4/c1-5-24-14(3)19(13(2)20(24)22(28)29-4)18(26)12-25(17-10-11-17)21(27)15-6-8-16(23)9-7-15/h6-9,17H,5,10-12H2,1-4H3. The minimum absolute atomic E-state index is 0.0256. The molecule has 1 fully saturated rings. The summed E-state index contributed by atoms with van der Waals surface area (Å²) in [6.45, 7) is 6.00. The van der Waals surface area contributed by atoms with Crippen molar-refractivity contribution in [1.29, 1.82) is 0 Å². The van der Waals surface area contributed by atoms with Crippen LogP contribution in [0.4, 0.5) is 0 Å². The van der Waals surface area contributed by atoms with Crippen molar-refractivity contribution >= 4 is 29.3 Å². The number of hydrogen-bond donors (Lipinski definition) is 0. The molecule has 29 heavy (non-hydrogen) atoms. The Balaban J connectivity index is 1.91. The number of esters is 1. The van der Waals surface area contributed by atoms with Crippen LogP contribution in [0.25, 0.3) is 0 Å². The molecule has 1 aliphatic carbocycles. The molecular weight excluding hydrogens is 392 g/mol. The molecule has 1 amide bonds. The molecule has 0 aliphatic heterocycles. The summed E-state index contributed by atoms with van der Waals surface area (Å²) in [6.07, 6.45) is 1.77. The maximum absolute atomic E-state index is 13.2. The smallest absolute Gasteiger partial charge is 0.354 e. The SMILES string of the molecule is CCn1c(C)c(C(=O)CN(C(=O)c2ccc(Cl)cc2)C2CC2)c(C)c1C(=O)OC. The minimum atomic E-state index is -0.470. The Labute approximate surface area is 175 Å². The Morgan fingerprint density at radius 1 is 1.17 bits per heavy atom. The highest BCUT2D eigenvalue weighted by Gasteiger charge is 2.36. The van der Waals surface area contributed by atoms with Crippen molar-refractivity contribution in [3.63, 3.8) is 0 Å². The molecule has 7 heteroatoms. The van der Waals surface area contributed by atoms with E-state index < -0.39 is 5.97 Å². The second-order valence-corrected chi connectivity index (χ2v) is 7.70. The van der Waals surface area contributed by atoms with Gasteiger partial charge in [-0.05, 0) is 63.4 Å². The average Bonchev–Trinajstić information content (AvgIpc) is 3.50. The first-order valence-corrected chi connectivity index (χ1v) is 10.1. The Morgan fingerprint density at radius 3 is 2.31 bits per heavy atom.